The Balaban J connectivity index is 2.60. The third-order valence-electron chi connectivity index (χ3n) is 2.20. The zero-order chi connectivity index (χ0) is 11.3. The van der Waals surface area contributed by atoms with Crippen LogP contribution >= 0.6 is 11.8 Å². The van der Waals surface area contributed by atoms with Crippen molar-refractivity contribution in [3.63, 3.8) is 0 Å². The van der Waals surface area contributed by atoms with E-state index in [4.69, 9.17) is 5.73 Å². The Morgan fingerprint density at radius 1 is 1.47 bits per heavy atom. The minimum Gasteiger partial charge on any atom is -0.358 e. The van der Waals surface area contributed by atoms with Crippen molar-refractivity contribution >= 4 is 17.7 Å². The molecule has 3 nitrogen and oxygen atoms in total. The molecule has 0 saturated carbocycles. The normalized spacial score (nSPS) is 12.2. The monoisotopic (exact) mass is 224 g/mol. The van der Waals surface area contributed by atoms with E-state index in [1.54, 1.807) is 18.8 Å². The lowest BCUT2D eigenvalue weighted by atomic mass is 10.1. The Morgan fingerprint density at radius 2 is 2.07 bits per heavy atom. The molecular weight excluding hydrogens is 208 g/mol. The zero-order valence-corrected chi connectivity index (χ0v) is 9.80. The van der Waals surface area contributed by atoms with E-state index in [0.717, 1.165) is 5.56 Å². The van der Waals surface area contributed by atoms with Crippen LogP contribution in [0.25, 0.3) is 0 Å². The number of hydrogen-bond donors (Lipinski definition) is 2. The number of thioether (sulfide) groups is 1. The van der Waals surface area contributed by atoms with Crippen LogP contribution in [-0.2, 0) is 11.2 Å². The van der Waals surface area contributed by atoms with Gasteiger partial charge in [0.1, 0.15) is 0 Å². The van der Waals surface area contributed by atoms with E-state index in [9.17, 15) is 4.79 Å². The maximum absolute atomic E-state index is 11.2. The molecule has 1 unspecified atom stereocenters. The fourth-order valence-corrected chi connectivity index (χ4v) is 1.70. The molecule has 0 heterocycles. The molecule has 0 aliphatic heterocycles. The molecule has 3 N–H and O–H groups in total. The van der Waals surface area contributed by atoms with Crippen LogP contribution in [0.5, 0.6) is 0 Å². The second-order valence-corrected chi connectivity index (χ2v) is 4.15. The fraction of sp³-hybridized carbons (Fsp3) is 0.364. The molecule has 4 heteroatoms. The molecule has 15 heavy (non-hydrogen) atoms. The van der Waals surface area contributed by atoms with Gasteiger partial charge in [-0.15, -0.1) is 11.8 Å². The first-order valence-corrected chi connectivity index (χ1v) is 6.00. The first kappa shape index (κ1) is 12.1. The summed E-state index contributed by atoms with van der Waals surface area (Å²) in [6, 6.07) is 7.63. The van der Waals surface area contributed by atoms with Gasteiger partial charge in [-0.3, -0.25) is 4.79 Å². The van der Waals surface area contributed by atoms with Gasteiger partial charge in [-0.05, 0) is 30.4 Å². The van der Waals surface area contributed by atoms with Gasteiger partial charge in [-0.1, -0.05) is 12.1 Å². The summed E-state index contributed by atoms with van der Waals surface area (Å²) in [6.07, 6.45) is 2.61. The number of carbonyl (C=O) groups excluding carboxylic acids is 1. The molecule has 1 atom stereocenters. The third kappa shape index (κ3) is 3.57. The Morgan fingerprint density at radius 3 is 2.53 bits per heavy atom. The molecule has 0 saturated heterocycles. The van der Waals surface area contributed by atoms with E-state index in [-0.39, 0.29) is 5.91 Å². The molecule has 82 valence electrons. The van der Waals surface area contributed by atoms with Gasteiger partial charge < -0.3 is 11.1 Å². The number of nitrogens with one attached hydrogen (secondary N) is 1. The van der Waals surface area contributed by atoms with E-state index in [0.29, 0.717) is 6.42 Å². The van der Waals surface area contributed by atoms with Gasteiger partial charge in [-0.25, -0.2) is 0 Å². The summed E-state index contributed by atoms with van der Waals surface area (Å²) in [4.78, 5) is 12.4. The molecule has 0 aromatic heterocycles. The Labute approximate surface area is 94.4 Å². The molecule has 0 fully saturated rings. The van der Waals surface area contributed by atoms with Gasteiger partial charge >= 0.3 is 0 Å². The van der Waals surface area contributed by atoms with Crippen LogP contribution in [0.15, 0.2) is 29.2 Å². The summed E-state index contributed by atoms with van der Waals surface area (Å²) in [5.74, 6) is -0.121. The Hall–Kier alpha value is -1.00. The molecule has 1 aromatic rings. The lowest BCUT2D eigenvalue weighted by molar-refractivity contribution is -0.121. The Bertz CT molecular complexity index is 324. The van der Waals surface area contributed by atoms with E-state index in [2.05, 4.69) is 5.32 Å². The van der Waals surface area contributed by atoms with E-state index >= 15 is 0 Å². The molecule has 0 bridgehead atoms. The van der Waals surface area contributed by atoms with Crippen molar-refractivity contribution in [2.24, 2.45) is 5.73 Å². The summed E-state index contributed by atoms with van der Waals surface area (Å²) in [6.45, 7) is 0. The molecular formula is C11H16N2OS. The number of hydrogen-bond acceptors (Lipinski definition) is 3. The minimum absolute atomic E-state index is 0.121. The third-order valence-corrected chi connectivity index (χ3v) is 2.94. The van der Waals surface area contributed by atoms with E-state index < -0.39 is 6.04 Å². The van der Waals surface area contributed by atoms with E-state index in [1.807, 2.05) is 30.5 Å². The summed E-state index contributed by atoms with van der Waals surface area (Å²) >= 11 is 1.70. The van der Waals surface area contributed by atoms with Crippen molar-refractivity contribution in [3.8, 4) is 0 Å². The second kappa shape index (κ2) is 5.78. The van der Waals surface area contributed by atoms with Gasteiger partial charge in [-0.2, -0.15) is 0 Å². The largest absolute Gasteiger partial charge is 0.358 e. The number of likely N-dealkylation sites (N-methyl/N-ethyl adjacent to an activating group) is 1. The fourth-order valence-electron chi connectivity index (χ4n) is 1.29. The highest BCUT2D eigenvalue weighted by molar-refractivity contribution is 7.98. The van der Waals surface area contributed by atoms with Crippen LogP contribution < -0.4 is 11.1 Å². The Kier molecular flexibility index (Phi) is 4.65. The zero-order valence-electron chi connectivity index (χ0n) is 8.99. The smallest absolute Gasteiger partial charge is 0.237 e. The van der Waals surface area contributed by atoms with E-state index in [1.165, 1.54) is 4.90 Å². The summed E-state index contributed by atoms with van der Waals surface area (Å²) in [5.41, 5.74) is 6.80. The maximum atomic E-state index is 11.2. The summed E-state index contributed by atoms with van der Waals surface area (Å²) in [7, 11) is 1.60. The molecule has 0 spiro atoms. The molecule has 0 radical (unpaired) electrons. The van der Waals surface area contributed by atoms with Crippen molar-refractivity contribution in [2.75, 3.05) is 13.3 Å². The predicted octanol–water partition coefficient (Wildman–Crippen LogP) is 1.02. The van der Waals surface area contributed by atoms with Gasteiger partial charge in [0.15, 0.2) is 0 Å². The van der Waals surface area contributed by atoms with Crippen LogP contribution in [0.1, 0.15) is 5.56 Å². The highest BCUT2D eigenvalue weighted by Crippen LogP contribution is 2.15. The highest BCUT2D eigenvalue weighted by Gasteiger charge is 2.11. The van der Waals surface area contributed by atoms with Crippen molar-refractivity contribution in [2.45, 2.75) is 17.4 Å². The lowest BCUT2D eigenvalue weighted by Gasteiger charge is -2.09. The lowest BCUT2D eigenvalue weighted by Crippen LogP contribution is -2.40. The van der Waals surface area contributed by atoms with Crippen molar-refractivity contribution < 1.29 is 4.79 Å². The quantitative estimate of drug-likeness (QED) is 0.751. The van der Waals surface area contributed by atoms with Crippen LogP contribution in [0.3, 0.4) is 0 Å². The molecule has 0 aliphatic carbocycles. The number of amides is 1. The second-order valence-electron chi connectivity index (χ2n) is 3.27. The van der Waals surface area contributed by atoms with Crippen LogP contribution in [-0.4, -0.2) is 25.3 Å². The average Bonchev–Trinajstić information content (AvgIpc) is 2.29. The number of carbonyl (C=O) groups is 1. The average molecular weight is 224 g/mol. The van der Waals surface area contributed by atoms with Crippen molar-refractivity contribution in [3.05, 3.63) is 29.8 Å². The van der Waals surface area contributed by atoms with Gasteiger partial charge in [0.2, 0.25) is 5.91 Å². The topological polar surface area (TPSA) is 55.1 Å². The number of rotatable bonds is 4. The van der Waals surface area contributed by atoms with Crippen LogP contribution in [0.4, 0.5) is 0 Å². The SMILES string of the molecule is CNC(=O)C(N)Cc1ccc(SC)cc1. The number of benzene rings is 1. The van der Waals surface area contributed by atoms with Crippen molar-refractivity contribution in [1.82, 2.24) is 5.32 Å². The van der Waals surface area contributed by atoms with Gasteiger partial charge in [0, 0.05) is 11.9 Å². The first-order valence-electron chi connectivity index (χ1n) is 4.77. The standard InChI is InChI=1S/C11H16N2OS/c1-13-11(14)10(12)7-8-3-5-9(15-2)6-4-8/h3-6,10H,7,12H2,1-2H3,(H,13,14). The van der Waals surface area contributed by atoms with Crippen molar-refractivity contribution in [1.29, 1.82) is 0 Å². The molecule has 1 rings (SSSR count). The summed E-state index contributed by atoms with van der Waals surface area (Å²) < 4.78 is 0. The maximum Gasteiger partial charge on any atom is 0.237 e. The van der Waals surface area contributed by atoms with Gasteiger partial charge in [0.25, 0.3) is 0 Å². The van der Waals surface area contributed by atoms with Crippen LogP contribution in [0.2, 0.25) is 0 Å². The highest BCUT2D eigenvalue weighted by atomic mass is 32.2. The first-order chi connectivity index (χ1) is 7.17. The predicted molar refractivity (Wildman–Crippen MR) is 64.0 cm³/mol. The molecule has 1 aromatic carbocycles. The van der Waals surface area contributed by atoms with Gasteiger partial charge in [0.05, 0.1) is 6.04 Å². The summed E-state index contributed by atoms with van der Waals surface area (Å²) in [5, 5.41) is 2.54. The number of nitrogens with two attached hydrogens (primary N) is 1. The van der Waals surface area contributed by atoms with Crippen LogP contribution in [0, 0.1) is 0 Å². The molecule has 1 amide bonds. The minimum atomic E-state index is -0.463. The molecule has 0 aliphatic rings.